The molecule has 94 valence electrons. The molecule has 0 spiro atoms. The van der Waals surface area contributed by atoms with Gasteiger partial charge in [-0.25, -0.2) is 0 Å². The summed E-state index contributed by atoms with van der Waals surface area (Å²) in [6.45, 7) is 0. The van der Waals surface area contributed by atoms with Crippen molar-refractivity contribution < 1.29 is 9.59 Å². The third kappa shape index (κ3) is 2.10. The van der Waals surface area contributed by atoms with Crippen molar-refractivity contribution in [3.05, 3.63) is 52.3 Å². The number of benzene rings is 1. The third-order valence-corrected chi connectivity index (χ3v) is 3.42. The molecule has 0 atom stereocenters. The largest absolute Gasteiger partial charge is 0.354 e. The summed E-state index contributed by atoms with van der Waals surface area (Å²) in [7, 11) is 0. The van der Waals surface area contributed by atoms with E-state index < -0.39 is 0 Å². The van der Waals surface area contributed by atoms with E-state index in [1.807, 2.05) is 6.07 Å². The van der Waals surface area contributed by atoms with Crippen LogP contribution in [0.25, 0.3) is 0 Å². The van der Waals surface area contributed by atoms with E-state index in [0.29, 0.717) is 11.1 Å². The highest BCUT2D eigenvalue weighted by Crippen LogP contribution is 2.26. The molecule has 1 aromatic heterocycles. The summed E-state index contributed by atoms with van der Waals surface area (Å²) in [6, 6.07) is 6.85. The molecule has 0 unspecified atom stereocenters. The lowest BCUT2D eigenvalue weighted by atomic mass is 10.1. The topological polar surface area (TPSA) is 71.1 Å². The van der Waals surface area contributed by atoms with Crippen LogP contribution in [0.1, 0.15) is 20.7 Å². The molecule has 0 saturated carbocycles. The number of carbonyl (C=O) groups is 2. The molecule has 6 heteroatoms. The molecule has 1 aliphatic heterocycles. The van der Waals surface area contributed by atoms with Gasteiger partial charge in [-0.15, -0.1) is 0 Å². The van der Waals surface area contributed by atoms with E-state index >= 15 is 0 Å². The predicted octanol–water partition coefficient (Wildman–Crippen LogP) is 2.47. The average Bonchev–Trinajstić information content (AvgIpc) is 2.68. The Hall–Kier alpha value is -2.21. The van der Waals surface area contributed by atoms with Gasteiger partial charge in [-0.2, -0.15) is 0 Å². The summed E-state index contributed by atoms with van der Waals surface area (Å²) in [5, 5.41) is 5.42. The average molecular weight is 318 g/mol. The van der Waals surface area contributed by atoms with Crippen LogP contribution in [0.5, 0.6) is 0 Å². The first-order chi connectivity index (χ1) is 9.15. The van der Waals surface area contributed by atoms with Crippen LogP contribution in [0, 0.1) is 0 Å². The first-order valence-electron chi connectivity index (χ1n) is 5.51. The van der Waals surface area contributed by atoms with Gasteiger partial charge in [0.15, 0.2) is 0 Å². The molecule has 0 saturated heterocycles. The molecule has 2 heterocycles. The van der Waals surface area contributed by atoms with Gasteiger partial charge in [-0.1, -0.05) is 0 Å². The van der Waals surface area contributed by atoms with E-state index in [-0.39, 0.29) is 11.8 Å². The van der Waals surface area contributed by atoms with Gasteiger partial charge in [0.2, 0.25) is 0 Å². The van der Waals surface area contributed by atoms with E-state index in [4.69, 9.17) is 0 Å². The normalized spacial score (nSPS) is 13.1. The van der Waals surface area contributed by atoms with Crippen LogP contribution in [0.2, 0.25) is 0 Å². The first kappa shape index (κ1) is 11.9. The number of pyridine rings is 1. The smallest absolute Gasteiger partial charge is 0.259 e. The zero-order chi connectivity index (χ0) is 13.4. The van der Waals surface area contributed by atoms with Crippen molar-refractivity contribution in [1.82, 2.24) is 10.3 Å². The Bertz CT molecular complexity index is 700. The molecular weight excluding hydrogens is 310 g/mol. The summed E-state index contributed by atoms with van der Waals surface area (Å²) in [4.78, 5) is 27.0. The molecule has 0 fully saturated rings. The van der Waals surface area contributed by atoms with Crippen molar-refractivity contribution in [3.63, 3.8) is 0 Å². The molecule has 19 heavy (non-hydrogen) atoms. The molecule has 3 rings (SSSR count). The van der Waals surface area contributed by atoms with Crippen LogP contribution < -0.4 is 10.6 Å². The number of imide groups is 1. The first-order valence-corrected chi connectivity index (χ1v) is 6.31. The number of hydrogen-bond donors (Lipinski definition) is 2. The maximum absolute atomic E-state index is 11.6. The maximum Gasteiger partial charge on any atom is 0.259 e. The van der Waals surface area contributed by atoms with Crippen LogP contribution in [0.15, 0.2) is 41.1 Å². The number of nitrogens with one attached hydrogen (secondary N) is 2. The van der Waals surface area contributed by atoms with Crippen LogP contribution in [0.4, 0.5) is 11.4 Å². The number of hydrogen-bond acceptors (Lipinski definition) is 4. The van der Waals surface area contributed by atoms with Gasteiger partial charge in [0.05, 0.1) is 21.3 Å². The molecule has 1 aliphatic rings. The monoisotopic (exact) mass is 317 g/mol. The fourth-order valence-corrected chi connectivity index (χ4v) is 2.23. The molecular formula is C13H8BrN3O2. The van der Waals surface area contributed by atoms with E-state index in [0.717, 1.165) is 15.8 Å². The van der Waals surface area contributed by atoms with Gasteiger partial charge in [-0.05, 0) is 40.2 Å². The van der Waals surface area contributed by atoms with Crippen LogP contribution in [0.3, 0.4) is 0 Å². The van der Waals surface area contributed by atoms with Gasteiger partial charge in [-0.3, -0.25) is 19.9 Å². The van der Waals surface area contributed by atoms with Gasteiger partial charge in [0, 0.05) is 18.1 Å². The van der Waals surface area contributed by atoms with Crippen molar-refractivity contribution >= 4 is 39.1 Å². The Morgan fingerprint density at radius 1 is 1.11 bits per heavy atom. The highest BCUT2D eigenvalue weighted by molar-refractivity contribution is 9.10. The Balaban J connectivity index is 1.96. The van der Waals surface area contributed by atoms with E-state index in [1.165, 1.54) is 0 Å². The summed E-state index contributed by atoms with van der Waals surface area (Å²) >= 11 is 3.38. The van der Waals surface area contributed by atoms with Crippen LogP contribution in [-0.2, 0) is 0 Å². The predicted molar refractivity (Wildman–Crippen MR) is 73.5 cm³/mol. The minimum absolute atomic E-state index is 0.350. The summed E-state index contributed by atoms with van der Waals surface area (Å²) < 4.78 is 0.816. The summed E-state index contributed by atoms with van der Waals surface area (Å²) in [5.74, 6) is -0.714. The zero-order valence-electron chi connectivity index (χ0n) is 9.61. The van der Waals surface area contributed by atoms with E-state index in [1.54, 1.807) is 30.6 Å². The molecule has 2 N–H and O–H groups in total. The number of aromatic nitrogens is 1. The van der Waals surface area contributed by atoms with Gasteiger partial charge < -0.3 is 5.32 Å². The SMILES string of the molecule is O=C1NC(=O)c2cc(Nc3ccncc3Br)ccc21. The number of amides is 2. The lowest BCUT2D eigenvalue weighted by Crippen LogP contribution is -2.19. The van der Waals surface area contributed by atoms with Crippen molar-refractivity contribution in [1.29, 1.82) is 0 Å². The second kappa shape index (κ2) is 4.47. The van der Waals surface area contributed by atoms with Crippen molar-refractivity contribution in [2.45, 2.75) is 0 Å². The molecule has 1 aromatic carbocycles. The fraction of sp³-hybridized carbons (Fsp3) is 0. The number of fused-ring (bicyclic) bond motifs is 1. The van der Waals surface area contributed by atoms with Gasteiger partial charge in [0.1, 0.15) is 0 Å². The van der Waals surface area contributed by atoms with E-state index in [9.17, 15) is 9.59 Å². The number of rotatable bonds is 2. The third-order valence-electron chi connectivity index (χ3n) is 2.79. The molecule has 0 aliphatic carbocycles. The minimum Gasteiger partial charge on any atom is -0.354 e. The molecule has 0 radical (unpaired) electrons. The van der Waals surface area contributed by atoms with Crippen LogP contribution in [-0.4, -0.2) is 16.8 Å². The number of nitrogens with zero attached hydrogens (tertiary/aromatic N) is 1. The highest BCUT2D eigenvalue weighted by Gasteiger charge is 2.26. The standard InChI is InChI=1S/C13H8BrN3O2/c14-10-6-15-4-3-11(10)16-7-1-2-8-9(5-7)13(19)17-12(8)18/h1-6H,(H,15,16)(H,17,18,19). The molecule has 2 amide bonds. The number of carbonyl (C=O) groups excluding carboxylic acids is 2. The minimum atomic E-state index is -0.363. The Labute approximate surface area is 117 Å². The van der Waals surface area contributed by atoms with E-state index in [2.05, 4.69) is 31.5 Å². The number of anilines is 2. The Kier molecular flexibility index (Phi) is 2.79. The van der Waals surface area contributed by atoms with Crippen molar-refractivity contribution in [3.8, 4) is 0 Å². The van der Waals surface area contributed by atoms with Gasteiger partial charge >= 0.3 is 0 Å². The summed E-state index contributed by atoms with van der Waals surface area (Å²) in [6.07, 6.45) is 3.34. The van der Waals surface area contributed by atoms with Crippen LogP contribution >= 0.6 is 15.9 Å². The Morgan fingerprint density at radius 2 is 1.89 bits per heavy atom. The second-order valence-corrected chi connectivity index (χ2v) is 4.88. The zero-order valence-corrected chi connectivity index (χ0v) is 11.2. The molecule has 0 bridgehead atoms. The maximum atomic E-state index is 11.6. The van der Waals surface area contributed by atoms with Crippen molar-refractivity contribution in [2.75, 3.05) is 5.32 Å². The summed E-state index contributed by atoms with van der Waals surface area (Å²) in [5.41, 5.74) is 2.36. The lowest BCUT2D eigenvalue weighted by Gasteiger charge is -2.08. The molecule has 5 nitrogen and oxygen atoms in total. The Morgan fingerprint density at radius 3 is 2.68 bits per heavy atom. The lowest BCUT2D eigenvalue weighted by molar-refractivity contribution is 0.0879. The fourth-order valence-electron chi connectivity index (χ4n) is 1.88. The van der Waals surface area contributed by atoms with Crippen molar-refractivity contribution in [2.24, 2.45) is 0 Å². The molecule has 2 aromatic rings. The quantitative estimate of drug-likeness (QED) is 0.835. The number of halogens is 1. The van der Waals surface area contributed by atoms with Gasteiger partial charge in [0.25, 0.3) is 11.8 Å². The second-order valence-electron chi connectivity index (χ2n) is 4.02. The highest BCUT2D eigenvalue weighted by atomic mass is 79.9.